The van der Waals surface area contributed by atoms with Crippen LogP contribution in [0.2, 0.25) is 5.02 Å². The highest BCUT2D eigenvalue weighted by molar-refractivity contribution is 7.20. The van der Waals surface area contributed by atoms with Crippen molar-refractivity contribution < 1.29 is 14.6 Å². The number of nitrogens with zero attached hydrogens (tertiary/aromatic N) is 4. The van der Waals surface area contributed by atoms with E-state index in [1.54, 1.807) is 19.4 Å². The SMILES string of the molecule is COCCOc1cc(Cl)ccc1-c1cnc2sc(N3CCC(O)(CN)CC3)nn12. The molecule has 0 bridgehead atoms. The summed E-state index contributed by atoms with van der Waals surface area (Å²) in [6.45, 7) is 2.62. The lowest BCUT2D eigenvalue weighted by Gasteiger charge is -2.37. The fourth-order valence-corrected chi connectivity index (χ4v) is 4.47. The van der Waals surface area contributed by atoms with E-state index in [0.29, 0.717) is 49.9 Å². The monoisotopic (exact) mass is 437 g/mol. The lowest BCUT2D eigenvalue weighted by atomic mass is 9.92. The number of ether oxygens (including phenoxy) is 2. The van der Waals surface area contributed by atoms with Gasteiger partial charge in [-0.1, -0.05) is 22.9 Å². The number of aromatic nitrogens is 3. The molecule has 0 radical (unpaired) electrons. The van der Waals surface area contributed by atoms with Gasteiger partial charge in [-0.05, 0) is 31.0 Å². The number of halogens is 1. The Balaban J connectivity index is 1.62. The van der Waals surface area contributed by atoms with E-state index in [9.17, 15) is 5.11 Å². The molecular formula is C19H24ClN5O3S. The van der Waals surface area contributed by atoms with E-state index in [1.807, 2.05) is 16.6 Å². The van der Waals surface area contributed by atoms with Gasteiger partial charge in [0.1, 0.15) is 12.4 Å². The number of piperidine rings is 1. The van der Waals surface area contributed by atoms with Gasteiger partial charge in [0, 0.05) is 37.3 Å². The summed E-state index contributed by atoms with van der Waals surface area (Å²) in [7, 11) is 1.63. The van der Waals surface area contributed by atoms with Crippen LogP contribution in [-0.4, -0.2) is 65.3 Å². The van der Waals surface area contributed by atoms with E-state index in [2.05, 4.69) is 9.88 Å². The summed E-state index contributed by atoms with van der Waals surface area (Å²) < 4.78 is 12.8. The Morgan fingerprint density at radius 2 is 2.10 bits per heavy atom. The van der Waals surface area contributed by atoms with Crippen LogP contribution in [0.25, 0.3) is 16.2 Å². The van der Waals surface area contributed by atoms with Gasteiger partial charge in [0.25, 0.3) is 0 Å². The summed E-state index contributed by atoms with van der Waals surface area (Å²) in [6, 6.07) is 5.53. The number of rotatable bonds is 7. The van der Waals surface area contributed by atoms with Gasteiger partial charge >= 0.3 is 0 Å². The van der Waals surface area contributed by atoms with Crippen molar-refractivity contribution in [1.29, 1.82) is 0 Å². The van der Waals surface area contributed by atoms with Crippen molar-refractivity contribution >= 4 is 33.0 Å². The molecule has 0 aliphatic carbocycles. The molecule has 4 rings (SSSR count). The Hall–Kier alpha value is -1.91. The van der Waals surface area contributed by atoms with Gasteiger partial charge in [-0.25, -0.2) is 9.50 Å². The Labute approximate surface area is 177 Å². The van der Waals surface area contributed by atoms with Crippen LogP contribution in [0, 0.1) is 0 Å². The molecule has 0 unspecified atom stereocenters. The third kappa shape index (κ3) is 4.19. The lowest BCUT2D eigenvalue weighted by Crippen LogP contribution is -2.48. The summed E-state index contributed by atoms with van der Waals surface area (Å²) in [5.74, 6) is 0.664. The maximum absolute atomic E-state index is 10.4. The maximum Gasteiger partial charge on any atom is 0.214 e. The summed E-state index contributed by atoms with van der Waals surface area (Å²) in [4.78, 5) is 7.50. The number of hydrogen-bond donors (Lipinski definition) is 2. The number of aliphatic hydroxyl groups is 1. The molecule has 0 atom stereocenters. The van der Waals surface area contributed by atoms with Crippen LogP contribution in [-0.2, 0) is 4.74 Å². The standard InChI is InChI=1S/C19H24ClN5O3S/c1-27-8-9-28-16-10-13(20)2-3-14(16)15-11-22-17-25(15)23-18(29-17)24-6-4-19(26,12-21)5-7-24/h2-3,10-11,26H,4-9,12,21H2,1H3. The van der Waals surface area contributed by atoms with Crippen LogP contribution in [0.3, 0.4) is 0 Å². The Morgan fingerprint density at radius 1 is 1.31 bits per heavy atom. The quantitative estimate of drug-likeness (QED) is 0.547. The van der Waals surface area contributed by atoms with Crippen molar-refractivity contribution in [2.24, 2.45) is 5.73 Å². The number of fused-ring (bicyclic) bond motifs is 1. The van der Waals surface area contributed by atoms with Crippen LogP contribution < -0.4 is 15.4 Å². The summed E-state index contributed by atoms with van der Waals surface area (Å²) in [5.41, 5.74) is 6.63. The predicted molar refractivity (Wildman–Crippen MR) is 114 cm³/mol. The van der Waals surface area contributed by atoms with Crippen LogP contribution in [0.1, 0.15) is 12.8 Å². The van der Waals surface area contributed by atoms with E-state index in [0.717, 1.165) is 21.3 Å². The zero-order valence-corrected chi connectivity index (χ0v) is 17.7. The molecule has 1 fully saturated rings. The zero-order valence-electron chi connectivity index (χ0n) is 16.2. The molecule has 0 spiro atoms. The molecule has 3 aromatic rings. The first kappa shape index (κ1) is 20.4. The summed E-state index contributed by atoms with van der Waals surface area (Å²) in [6.07, 6.45) is 3.05. The second-order valence-electron chi connectivity index (χ2n) is 7.12. The van der Waals surface area contributed by atoms with Gasteiger partial charge in [-0.15, -0.1) is 5.10 Å². The second-order valence-corrected chi connectivity index (χ2v) is 8.49. The molecular weight excluding hydrogens is 414 g/mol. The van der Waals surface area contributed by atoms with Gasteiger partial charge in [0.05, 0.1) is 24.1 Å². The first-order valence-corrected chi connectivity index (χ1v) is 10.7. The number of benzene rings is 1. The van der Waals surface area contributed by atoms with Gasteiger partial charge < -0.3 is 25.2 Å². The van der Waals surface area contributed by atoms with Crippen LogP contribution in [0.15, 0.2) is 24.4 Å². The van der Waals surface area contributed by atoms with E-state index in [-0.39, 0.29) is 6.54 Å². The summed E-state index contributed by atoms with van der Waals surface area (Å²) in [5, 5.41) is 16.6. The first-order valence-electron chi connectivity index (χ1n) is 9.46. The molecule has 3 heterocycles. The Kier molecular flexibility index (Phi) is 5.93. The average Bonchev–Trinajstić information content (AvgIpc) is 3.30. The first-order chi connectivity index (χ1) is 14.0. The molecule has 1 aromatic carbocycles. The predicted octanol–water partition coefficient (Wildman–Crippen LogP) is 2.43. The van der Waals surface area contributed by atoms with E-state index >= 15 is 0 Å². The van der Waals surface area contributed by atoms with E-state index < -0.39 is 5.60 Å². The highest BCUT2D eigenvalue weighted by atomic mass is 35.5. The molecule has 1 aliphatic heterocycles. The molecule has 2 aromatic heterocycles. The molecule has 0 amide bonds. The smallest absolute Gasteiger partial charge is 0.214 e. The molecule has 29 heavy (non-hydrogen) atoms. The average molecular weight is 438 g/mol. The lowest BCUT2D eigenvalue weighted by molar-refractivity contribution is 0.0249. The molecule has 3 N–H and O–H groups in total. The number of anilines is 1. The normalized spacial score (nSPS) is 16.5. The van der Waals surface area contributed by atoms with Crippen LogP contribution in [0.4, 0.5) is 5.13 Å². The van der Waals surface area contributed by atoms with E-state index in [1.165, 1.54) is 11.3 Å². The largest absolute Gasteiger partial charge is 0.490 e. The maximum atomic E-state index is 10.4. The number of hydrogen-bond acceptors (Lipinski definition) is 8. The zero-order chi connectivity index (χ0) is 20.4. The fourth-order valence-electron chi connectivity index (χ4n) is 3.37. The van der Waals surface area contributed by atoms with Crippen molar-refractivity contribution in [2.45, 2.75) is 18.4 Å². The molecule has 1 saturated heterocycles. The van der Waals surface area contributed by atoms with Gasteiger partial charge in [-0.2, -0.15) is 0 Å². The third-order valence-corrected chi connectivity index (χ3v) is 6.40. The topological polar surface area (TPSA) is 98.1 Å². The number of imidazole rings is 1. The minimum absolute atomic E-state index is 0.286. The molecule has 1 aliphatic rings. The highest BCUT2D eigenvalue weighted by Gasteiger charge is 2.32. The second kappa shape index (κ2) is 8.45. The van der Waals surface area contributed by atoms with Gasteiger partial charge in [-0.3, -0.25) is 0 Å². The molecule has 8 nitrogen and oxygen atoms in total. The number of methoxy groups -OCH3 is 1. The van der Waals surface area contributed by atoms with Gasteiger partial charge in [0.15, 0.2) is 0 Å². The Morgan fingerprint density at radius 3 is 2.83 bits per heavy atom. The van der Waals surface area contributed by atoms with Crippen molar-refractivity contribution in [3.63, 3.8) is 0 Å². The minimum atomic E-state index is -0.767. The molecule has 156 valence electrons. The van der Waals surface area contributed by atoms with Crippen molar-refractivity contribution in [1.82, 2.24) is 14.6 Å². The minimum Gasteiger partial charge on any atom is -0.490 e. The van der Waals surface area contributed by atoms with E-state index in [4.69, 9.17) is 31.9 Å². The Bertz CT molecular complexity index is 984. The van der Waals surface area contributed by atoms with Crippen molar-refractivity contribution in [3.8, 4) is 17.0 Å². The number of nitrogens with two attached hydrogens (primary N) is 1. The molecule has 0 saturated carbocycles. The summed E-state index contributed by atoms with van der Waals surface area (Å²) >= 11 is 7.69. The highest BCUT2D eigenvalue weighted by Crippen LogP contribution is 2.36. The fraction of sp³-hybridized carbons (Fsp3) is 0.474. The molecule has 10 heteroatoms. The van der Waals surface area contributed by atoms with Gasteiger partial charge in [0.2, 0.25) is 10.1 Å². The van der Waals surface area contributed by atoms with Crippen molar-refractivity contribution in [2.75, 3.05) is 44.9 Å². The van der Waals surface area contributed by atoms with Crippen molar-refractivity contribution in [3.05, 3.63) is 29.4 Å². The van der Waals surface area contributed by atoms with Crippen LogP contribution >= 0.6 is 22.9 Å². The van der Waals surface area contributed by atoms with Crippen LogP contribution in [0.5, 0.6) is 5.75 Å². The third-order valence-electron chi connectivity index (χ3n) is 5.18.